The summed E-state index contributed by atoms with van der Waals surface area (Å²) in [6.45, 7) is 7.26. The highest BCUT2D eigenvalue weighted by Gasteiger charge is 2.21. The van der Waals surface area contributed by atoms with Crippen LogP contribution in [0.4, 0.5) is 5.69 Å². The lowest BCUT2D eigenvalue weighted by molar-refractivity contribution is -0.131. The normalized spacial score (nSPS) is 15.0. The second kappa shape index (κ2) is 6.86. The standard InChI is InChI=1S/C18H23N3O2/c1-14-4-3-5-17(12-14)20-8-10-21(11-9-20)18(22)7-6-16-13-23-15(2)19-16/h3-5,12-13H,6-11H2,1-2H3. The van der Waals surface area contributed by atoms with Crippen molar-refractivity contribution in [2.75, 3.05) is 31.1 Å². The highest BCUT2D eigenvalue weighted by Crippen LogP contribution is 2.18. The number of piperazine rings is 1. The summed E-state index contributed by atoms with van der Waals surface area (Å²) in [6, 6.07) is 8.53. The Balaban J connectivity index is 1.49. The zero-order valence-electron chi connectivity index (χ0n) is 13.8. The van der Waals surface area contributed by atoms with Gasteiger partial charge >= 0.3 is 0 Å². The molecule has 5 heteroatoms. The van der Waals surface area contributed by atoms with Gasteiger partial charge in [-0.15, -0.1) is 0 Å². The van der Waals surface area contributed by atoms with Crippen LogP contribution in [0.1, 0.15) is 23.6 Å². The number of hydrogen-bond acceptors (Lipinski definition) is 4. The largest absolute Gasteiger partial charge is 0.449 e. The number of carbonyl (C=O) groups is 1. The Morgan fingerprint density at radius 3 is 2.65 bits per heavy atom. The van der Waals surface area contributed by atoms with E-state index in [4.69, 9.17) is 4.42 Å². The first-order valence-electron chi connectivity index (χ1n) is 8.12. The highest BCUT2D eigenvalue weighted by atomic mass is 16.3. The van der Waals surface area contributed by atoms with Gasteiger partial charge in [0.25, 0.3) is 0 Å². The molecule has 5 nitrogen and oxygen atoms in total. The predicted octanol–water partition coefficient (Wildman–Crippen LogP) is 2.57. The van der Waals surface area contributed by atoms with E-state index in [9.17, 15) is 4.79 Å². The second-order valence-electron chi connectivity index (χ2n) is 6.06. The van der Waals surface area contributed by atoms with Gasteiger partial charge in [0.15, 0.2) is 5.89 Å². The van der Waals surface area contributed by atoms with E-state index in [1.54, 1.807) is 6.26 Å². The van der Waals surface area contributed by atoms with Gasteiger partial charge in [0.1, 0.15) is 6.26 Å². The molecule has 23 heavy (non-hydrogen) atoms. The first-order valence-corrected chi connectivity index (χ1v) is 8.12. The monoisotopic (exact) mass is 313 g/mol. The van der Waals surface area contributed by atoms with Gasteiger partial charge in [0.05, 0.1) is 5.69 Å². The Hall–Kier alpha value is -2.30. The molecule has 0 unspecified atom stereocenters. The van der Waals surface area contributed by atoms with E-state index >= 15 is 0 Å². The molecule has 0 saturated carbocycles. The third kappa shape index (κ3) is 3.92. The lowest BCUT2D eigenvalue weighted by atomic mass is 10.1. The minimum Gasteiger partial charge on any atom is -0.449 e. The maximum atomic E-state index is 12.3. The predicted molar refractivity (Wildman–Crippen MR) is 89.5 cm³/mol. The van der Waals surface area contributed by atoms with Crippen molar-refractivity contribution in [1.29, 1.82) is 0 Å². The molecule has 122 valence electrons. The van der Waals surface area contributed by atoms with Gasteiger partial charge in [-0.05, 0) is 24.6 Å². The molecule has 1 amide bonds. The quantitative estimate of drug-likeness (QED) is 0.870. The minimum atomic E-state index is 0.203. The minimum absolute atomic E-state index is 0.203. The Morgan fingerprint density at radius 1 is 1.22 bits per heavy atom. The zero-order valence-corrected chi connectivity index (χ0v) is 13.8. The summed E-state index contributed by atoms with van der Waals surface area (Å²) in [4.78, 5) is 20.9. The fraction of sp³-hybridized carbons (Fsp3) is 0.444. The Morgan fingerprint density at radius 2 is 2.00 bits per heavy atom. The SMILES string of the molecule is Cc1cccc(N2CCN(C(=O)CCc3coc(C)n3)CC2)c1. The number of aryl methyl sites for hydroxylation is 3. The van der Waals surface area contributed by atoms with Crippen LogP contribution in [0.15, 0.2) is 34.9 Å². The summed E-state index contributed by atoms with van der Waals surface area (Å²) in [7, 11) is 0. The van der Waals surface area contributed by atoms with Gasteiger partial charge in [-0.2, -0.15) is 0 Å². The summed E-state index contributed by atoms with van der Waals surface area (Å²) in [5, 5.41) is 0. The van der Waals surface area contributed by atoms with Crippen molar-refractivity contribution in [3.63, 3.8) is 0 Å². The van der Waals surface area contributed by atoms with Crippen LogP contribution < -0.4 is 4.90 Å². The Kier molecular flexibility index (Phi) is 4.65. The van der Waals surface area contributed by atoms with Gasteiger partial charge < -0.3 is 14.2 Å². The molecule has 2 heterocycles. The molecule has 1 aromatic carbocycles. The van der Waals surface area contributed by atoms with Crippen LogP contribution in [0.5, 0.6) is 0 Å². The van der Waals surface area contributed by atoms with E-state index in [0.717, 1.165) is 31.9 Å². The van der Waals surface area contributed by atoms with E-state index in [0.29, 0.717) is 18.7 Å². The van der Waals surface area contributed by atoms with Crippen LogP contribution in [0.25, 0.3) is 0 Å². The third-order valence-corrected chi connectivity index (χ3v) is 4.26. The van der Waals surface area contributed by atoms with E-state index in [-0.39, 0.29) is 5.91 Å². The molecule has 0 spiro atoms. The number of rotatable bonds is 4. The molecule has 1 aliphatic heterocycles. The molecule has 1 aliphatic rings. The summed E-state index contributed by atoms with van der Waals surface area (Å²) >= 11 is 0. The number of amides is 1. The molecule has 1 saturated heterocycles. The molecule has 0 N–H and O–H groups in total. The lowest BCUT2D eigenvalue weighted by Crippen LogP contribution is -2.48. The smallest absolute Gasteiger partial charge is 0.223 e. The van der Waals surface area contributed by atoms with Crippen molar-refractivity contribution >= 4 is 11.6 Å². The maximum absolute atomic E-state index is 12.3. The number of anilines is 1. The van der Waals surface area contributed by atoms with Gasteiger partial charge in [-0.1, -0.05) is 12.1 Å². The van der Waals surface area contributed by atoms with Crippen molar-refractivity contribution in [3.8, 4) is 0 Å². The van der Waals surface area contributed by atoms with Crippen LogP contribution in [-0.4, -0.2) is 42.0 Å². The van der Waals surface area contributed by atoms with Crippen LogP contribution in [-0.2, 0) is 11.2 Å². The first kappa shape index (κ1) is 15.6. The molecule has 0 atom stereocenters. The van der Waals surface area contributed by atoms with Crippen molar-refractivity contribution in [3.05, 3.63) is 47.7 Å². The number of oxazole rings is 1. The molecular formula is C18H23N3O2. The average Bonchev–Trinajstić information content (AvgIpc) is 2.98. The molecular weight excluding hydrogens is 290 g/mol. The molecule has 3 rings (SSSR count). The topological polar surface area (TPSA) is 49.6 Å². The summed E-state index contributed by atoms with van der Waals surface area (Å²) in [6.07, 6.45) is 2.78. The van der Waals surface area contributed by atoms with E-state index in [2.05, 4.69) is 41.1 Å². The number of nitrogens with zero attached hydrogens (tertiary/aromatic N) is 3. The van der Waals surface area contributed by atoms with E-state index in [1.807, 2.05) is 11.8 Å². The fourth-order valence-electron chi connectivity index (χ4n) is 2.95. The fourth-order valence-corrected chi connectivity index (χ4v) is 2.95. The zero-order chi connectivity index (χ0) is 16.2. The number of benzene rings is 1. The van der Waals surface area contributed by atoms with Crippen LogP contribution >= 0.6 is 0 Å². The van der Waals surface area contributed by atoms with Gasteiger partial charge in [0.2, 0.25) is 5.91 Å². The van der Waals surface area contributed by atoms with E-state index in [1.165, 1.54) is 11.3 Å². The van der Waals surface area contributed by atoms with Crippen molar-refractivity contribution < 1.29 is 9.21 Å². The van der Waals surface area contributed by atoms with E-state index < -0.39 is 0 Å². The Labute approximate surface area is 136 Å². The molecule has 0 bridgehead atoms. The molecule has 2 aromatic rings. The van der Waals surface area contributed by atoms with Crippen LogP contribution in [0, 0.1) is 13.8 Å². The maximum Gasteiger partial charge on any atom is 0.223 e. The summed E-state index contributed by atoms with van der Waals surface area (Å²) in [5.74, 6) is 0.855. The summed E-state index contributed by atoms with van der Waals surface area (Å²) in [5.41, 5.74) is 3.37. The number of aromatic nitrogens is 1. The molecule has 1 fully saturated rings. The van der Waals surface area contributed by atoms with Gasteiger partial charge in [-0.3, -0.25) is 4.79 Å². The van der Waals surface area contributed by atoms with Crippen molar-refractivity contribution in [2.45, 2.75) is 26.7 Å². The Bertz CT molecular complexity index is 672. The van der Waals surface area contributed by atoms with Crippen molar-refractivity contribution in [1.82, 2.24) is 9.88 Å². The van der Waals surface area contributed by atoms with Gasteiger partial charge in [0, 0.05) is 51.6 Å². The van der Waals surface area contributed by atoms with Gasteiger partial charge in [-0.25, -0.2) is 4.98 Å². The van der Waals surface area contributed by atoms with Crippen LogP contribution in [0.3, 0.4) is 0 Å². The van der Waals surface area contributed by atoms with Crippen LogP contribution in [0.2, 0.25) is 0 Å². The molecule has 0 radical (unpaired) electrons. The van der Waals surface area contributed by atoms with Crippen molar-refractivity contribution in [2.24, 2.45) is 0 Å². The summed E-state index contributed by atoms with van der Waals surface area (Å²) < 4.78 is 5.17. The number of hydrogen-bond donors (Lipinski definition) is 0. The molecule has 0 aliphatic carbocycles. The lowest BCUT2D eigenvalue weighted by Gasteiger charge is -2.36. The third-order valence-electron chi connectivity index (χ3n) is 4.26. The molecule has 1 aromatic heterocycles. The number of carbonyl (C=O) groups excluding carboxylic acids is 1. The highest BCUT2D eigenvalue weighted by molar-refractivity contribution is 5.76. The first-order chi connectivity index (χ1) is 11.1. The second-order valence-corrected chi connectivity index (χ2v) is 6.06. The average molecular weight is 313 g/mol.